The summed E-state index contributed by atoms with van der Waals surface area (Å²) >= 11 is 0. The molecule has 3 nitrogen and oxygen atoms in total. The Balaban J connectivity index is 2.07. The lowest BCUT2D eigenvalue weighted by Crippen LogP contribution is -2.37. The van der Waals surface area contributed by atoms with Gasteiger partial charge in [-0.1, -0.05) is 46.0 Å². The van der Waals surface area contributed by atoms with E-state index in [2.05, 4.69) is 13.8 Å². The maximum atomic E-state index is 11.6. The number of rotatable bonds is 10. The normalized spacial score (nSPS) is 17.4. The molecule has 0 N–H and O–H groups in total. The summed E-state index contributed by atoms with van der Waals surface area (Å²) in [6.45, 7) is 6.02. The van der Waals surface area contributed by atoms with Crippen molar-refractivity contribution in [1.82, 2.24) is 4.90 Å². The Hall–Kier alpha value is -0.570. The van der Waals surface area contributed by atoms with E-state index < -0.39 is 0 Å². The minimum atomic E-state index is 0.0237. The van der Waals surface area contributed by atoms with Gasteiger partial charge in [0.15, 0.2) is 0 Å². The molecule has 106 valence electrons. The summed E-state index contributed by atoms with van der Waals surface area (Å²) in [5.74, 6) is 0.268. The highest BCUT2D eigenvalue weighted by molar-refractivity contribution is 5.78. The fraction of sp³-hybridized carbons (Fsp3) is 0.933. The van der Waals surface area contributed by atoms with Crippen LogP contribution in [0.25, 0.3) is 0 Å². The number of unbranched alkanes of at least 4 members (excludes halogenated alkanes) is 5. The van der Waals surface area contributed by atoms with Crippen LogP contribution in [0.5, 0.6) is 0 Å². The summed E-state index contributed by atoms with van der Waals surface area (Å²) in [6.07, 6.45) is 10.3. The van der Waals surface area contributed by atoms with E-state index >= 15 is 0 Å². The lowest BCUT2D eigenvalue weighted by molar-refractivity contribution is -0.141. The number of ether oxygens (including phenoxy) is 1. The van der Waals surface area contributed by atoms with E-state index in [0.29, 0.717) is 6.42 Å². The van der Waals surface area contributed by atoms with Gasteiger partial charge in [0.1, 0.15) is 6.23 Å². The number of nitrogens with zero attached hydrogens (tertiary/aromatic N) is 1. The maximum Gasteiger partial charge on any atom is 0.224 e. The van der Waals surface area contributed by atoms with Crippen molar-refractivity contribution in [1.29, 1.82) is 0 Å². The van der Waals surface area contributed by atoms with Crippen LogP contribution in [0.4, 0.5) is 0 Å². The van der Waals surface area contributed by atoms with Gasteiger partial charge in [-0.15, -0.1) is 0 Å². The van der Waals surface area contributed by atoms with E-state index in [1.165, 1.54) is 32.1 Å². The molecule has 0 aromatic rings. The Morgan fingerprint density at radius 1 is 1.17 bits per heavy atom. The highest BCUT2D eigenvalue weighted by atomic mass is 16.5. The molecule has 18 heavy (non-hydrogen) atoms. The molecule has 1 aliphatic rings. The van der Waals surface area contributed by atoms with Crippen molar-refractivity contribution in [3.63, 3.8) is 0 Å². The third kappa shape index (κ3) is 5.38. The van der Waals surface area contributed by atoms with Crippen molar-refractivity contribution in [3.05, 3.63) is 0 Å². The molecule has 1 atom stereocenters. The molecule has 1 amide bonds. The van der Waals surface area contributed by atoms with Gasteiger partial charge in [-0.3, -0.25) is 4.79 Å². The molecule has 1 fully saturated rings. The Bertz CT molecular complexity index is 231. The van der Waals surface area contributed by atoms with Crippen molar-refractivity contribution < 1.29 is 9.53 Å². The summed E-state index contributed by atoms with van der Waals surface area (Å²) in [5.41, 5.74) is 0. The summed E-state index contributed by atoms with van der Waals surface area (Å²) < 4.78 is 5.86. The van der Waals surface area contributed by atoms with E-state index in [4.69, 9.17) is 4.74 Å². The van der Waals surface area contributed by atoms with Crippen LogP contribution in [0, 0.1) is 0 Å². The fourth-order valence-electron chi connectivity index (χ4n) is 2.50. The number of amides is 1. The van der Waals surface area contributed by atoms with Crippen LogP contribution in [-0.2, 0) is 9.53 Å². The van der Waals surface area contributed by atoms with Gasteiger partial charge in [0.05, 0.1) is 0 Å². The van der Waals surface area contributed by atoms with Crippen LogP contribution in [0.1, 0.15) is 71.6 Å². The first-order valence-corrected chi connectivity index (χ1v) is 7.70. The van der Waals surface area contributed by atoms with Gasteiger partial charge < -0.3 is 9.64 Å². The predicted molar refractivity (Wildman–Crippen MR) is 74.4 cm³/mol. The zero-order chi connectivity index (χ0) is 13.2. The summed E-state index contributed by atoms with van der Waals surface area (Å²) in [4.78, 5) is 13.5. The van der Waals surface area contributed by atoms with Crippen molar-refractivity contribution in [3.8, 4) is 0 Å². The number of hydrogen-bond donors (Lipinski definition) is 0. The molecule has 0 radical (unpaired) electrons. The second-order valence-electron chi connectivity index (χ2n) is 5.19. The molecule has 1 heterocycles. The highest BCUT2D eigenvalue weighted by Crippen LogP contribution is 2.17. The highest BCUT2D eigenvalue weighted by Gasteiger charge is 2.26. The van der Waals surface area contributed by atoms with E-state index in [0.717, 1.165) is 32.4 Å². The molecule has 0 aromatic carbocycles. The smallest absolute Gasteiger partial charge is 0.224 e. The SMILES string of the molecule is CCCCCCCCOC(CC)N1CCCC1=O. The second kappa shape index (κ2) is 9.37. The van der Waals surface area contributed by atoms with Gasteiger partial charge in [0, 0.05) is 19.6 Å². The summed E-state index contributed by atoms with van der Waals surface area (Å²) in [5, 5.41) is 0. The zero-order valence-corrected chi connectivity index (χ0v) is 12.1. The van der Waals surface area contributed by atoms with Crippen LogP contribution in [-0.4, -0.2) is 30.2 Å². The van der Waals surface area contributed by atoms with Crippen molar-refractivity contribution in [2.45, 2.75) is 77.9 Å². The zero-order valence-electron chi connectivity index (χ0n) is 12.1. The second-order valence-corrected chi connectivity index (χ2v) is 5.19. The number of hydrogen-bond acceptors (Lipinski definition) is 2. The molecule has 0 saturated carbocycles. The molecule has 1 unspecified atom stereocenters. The monoisotopic (exact) mass is 255 g/mol. The molecule has 0 bridgehead atoms. The third-order valence-electron chi connectivity index (χ3n) is 3.62. The minimum absolute atomic E-state index is 0.0237. The molecule has 0 aliphatic carbocycles. The van der Waals surface area contributed by atoms with E-state index in [-0.39, 0.29) is 12.1 Å². The molecule has 1 saturated heterocycles. The Kier molecular flexibility index (Phi) is 8.06. The van der Waals surface area contributed by atoms with Crippen LogP contribution < -0.4 is 0 Å². The van der Waals surface area contributed by atoms with Gasteiger partial charge in [-0.05, 0) is 19.3 Å². The maximum absolute atomic E-state index is 11.6. The predicted octanol–water partition coefficient (Wildman–Crippen LogP) is 3.72. The first kappa shape index (κ1) is 15.5. The van der Waals surface area contributed by atoms with Crippen molar-refractivity contribution in [2.75, 3.05) is 13.2 Å². The van der Waals surface area contributed by atoms with Gasteiger partial charge in [-0.2, -0.15) is 0 Å². The molecular weight excluding hydrogens is 226 g/mol. The standard InChI is InChI=1S/C15H29NO2/c1-3-5-6-7-8-9-13-18-15(4-2)16-12-10-11-14(16)17/h15H,3-13H2,1-2H3. The number of likely N-dealkylation sites (tertiary alicyclic amines) is 1. The topological polar surface area (TPSA) is 29.5 Å². The lowest BCUT2D eigenvalue weighted by atomic mass is 10.1. The van der Waals surface area contributed by atoms with Gasteiger partial charge in [0.25, 0.3) is 0 Å². The Morgan fingerprint density at radius 3 is 2.50 bits per heavy atom. The van der Waals surface area contributed by atoms with E-state index in [1.807, 2.05) is 4.90 Å². The molecule has 3 heteroatoms. The van der Waals surface area contributed by atoms with E-state index in [9.17, 15) is 4.79 Å². The minimum Gasteiger partial charge on any atom is -0.358 e. The largest absolute Gasteiger partial charge is 0.358 e. The van der Waals surface area contributed by atoms with Gasteiger partial charge >= 0.3 is 0 Å². The molecule has 0 spiro atoms. The Labute approximate surface area is 112 Å². The average molecular weight is 255 g/mol. The lowest BCUT2D eigenvalue weighted by Gasteiger charge is -2.26. The van der Waals surface area contributed by atoms with Crippen molar-refractivity contribution in [2.24, 2.45) is 0 Å². The van der Waals surface area contributed by atoms with Crippen LogP contribution in [0.15, 0.2) is 0 Å². The first-order chi connectivity index (χ1) is 8.79. The average Bonchev–Trinajstić information content (AvgIpc) is 2.79. The molecule has 1 aliphatic heterocycles. The van der Waals surface area contributed by atoms with Gasteiger partial charge in [-0.25, -0.2) is 0 Å². The van der Waals surface area contributed by atoms with Crippen molar-refractivity contribution >= 4 is 5.91 Å². The van der Waals surface area contributed by atoms with Crippen LogP contribution in [0.2, 0.25) is 0 Å². The van der Waals surface area contributed by atoms with Gasteiger partial charge in [0.2, 0.25) is 5.91 Å². The Morgan fingerprint density at radius 2 is 1.89 bits per heavy atom. The summed E-state index contributed by atoms with van der Waals surface area (Å²) in [7, 11) is 0. The summed E-state index contributed by atoms with van der Waals surface area (Å²) in [6, 6.07) is 0. The third-order valence-corrected chi connectivity index (χ3v) is 3.62. The number of carbonyl (C=O) groups is 1. The quantitative estimate of drug-likeness (QED) is 0.557. The number of carbonyl (C=O) groups excluding carboxylic acids is 1. The molecule has 0 aromatic heterocycles. The fourth-order valence-corrected chi connectivity index (χ4v) is 2.50. The first-order valence-electron chi connectivity index (χ1n) is 7.70. The molecular formula is C15H29NO2. The van der Waals surface area contributed by atoms with Crippen LogP contribution in [0.3, 0.4) is 0 Å². The van der Waals surface area contributed by atoms with Crippen LogP contribution >= 0.6 is 0 Å². The van der Waals surface area contributed by atoms with E-state index in [1.54, 1.807) is 0 Å². The molecule has 1 rings (SSSR count).